The number of sulfone groups is 1. The molecule has 0 bridgehead atoms. The largest absolute Gasteiger partial charge is 0.480 e. The lowest BCUT2D eigenvalue weighted by Crippen LogP contribution is -2.40. The zero-order chi connectivity index (χ0) is 26.3. The maximum Gasteiger partial charge on any atom is 0.327 e. The second-order valence-corrected chi connectivity index (χ2v) is 11.4. The lowest BCUT2D eigenvalue weighted by Gasteiger charge is -2.17. The van der Waals surface area contributed by atoms with Gasteiger partial charge in [-0.1, -0.05) is 41.4 Å². The number of hydrogen-bond acceptors (Lipinski definition) is 7. The molecule has 0 saturated carbocycles. The van der Waals surface area contributed by atoms with E-state index in [2.05, 4.69) is 0 Å². The molecule has 1 amide bonds. The molecule has 4 N–H and O–H groups in total. The van der Waals surface area contributed by atoms with E-state index in [4.69, 9.17) is 39.1 Å². The molecule has 1 saturated heterocycles. The maximum atomic E-state index is 12.5. The molecule has 3 rings (SSSR count). The summed E-state index contributed by atoms with van der Waals surface area (Å²) >= 11 is 13.5. The van der Waals surface area contributed by atoms with E-state index in [1.54, 1.807) is 30.3 Å². The number of hydrogen-bond donors (Lipinski definition) is 3. The van der Waals surface area contributed by atoms with Gasteiger partial charge in [-0.25, -0.2) is 13.2 Å². The number of carboxylic acid groups (broad SMARTS) is 2. The van der Waals surface area contributed by atoms with E-state index in [9.17, 15) is 22.8 Å². The summed E-state index contributed by atoms with van der Waals surface area (Å²) < 4.78 is 25.0. The summed E-state index contributed by atoms with van der Waals surface area (Å²) in [6, 6.07) is 9.08. The molecule has 9 nitrogen and oxygen atoms in total. The van der Waals surface area contributed by atoms with Crippen molar-refractivity contribution in [2.45, 2.75) is 36.1 Å². The molecule has 0 aromatic heterocycles. The third-order valence-electron chi connectivity index (χ3n) is 5.02. The highest BCUT2D eigenvalue weighted by Gasteiger charge is 2.32. The van der Waals surface area contributed by atoms with Gasteiger partial charge >= 0.3 is 11.9 Å². The first kappa shape index (κ1) is 28.9. The van der Waals surface area contributed by atoms with Crippen molar-refractivity contribution in [1.29, 1.82) is 0 Å². The van der Waals surface area contributed by atoms with Crippen LogP contribution in [0.15, 0.2) is 47.4 Å². The van der Waals surface area contributed by atoms with E-state index in [1.165, 1.54) is 35.7 Å². The van der Waals surface area contributed by atoms with E-state index >= 15 is 0 Å². The smallest absolute Gasteiger partial charge is 0.327 e. The Morgan fingerprint density at radius 2 is 1.69 bits per heavy atom. The molecule has 2 aromatic rings. The molecule has 190 valence electrons. The van der Waals surface area contributed by atoms with E-state index in [0.717, 1.165) is 0 Å². The average Bonchev–Trinajstić information content (AvgIpc) is 3.28. The van der Waals surface area contributed by atoms with Gasteiger partial charge in [-0.05, 0) is 36.2 Å². The Balaban J connectivity index is 0.000000328. The van der Waals surface area contributed by atoms with Gasteiger partial charge in [-0.2, -0.15) is 0 Å². The molecule has 0 unspecified atom stereocenters. The van der Waals surface area contributed by atoms with Crippen molar-refractivity contribution < 1.29 is 33.0 Å². The number of nitrogens with two attached hydrogens (primary N) is 1. The molecular formula is C22H24Cl2N2O7S2. The summed E-state index contributed by atoms with van der Waals surface area (Å²) in [5, 5.41) is 18.0. The molecule has 0 spiro atoms. The Morgan fingerprint density at radius 3 is 2.14 bits per heavy atom. The zero-order valence-corrected chi connectivity index (χ0v) is 21.7. The first-order chi connectivity index (χ1) is 16.3. The average molecular weight is 563 g/mol. The van der Waals surface area contributed by atoms with Crippen molar-refractivity contribution in [2.24, 2.45) is 5.73 Å². The van der Waals surface area contributed by atoms with E-state index in [0.29, 0.717) is 22.8 Å². The molecule has 0 radical (unpaired) electrons. The summed E-state index contributed by atoms with van der Waals surface area (Å²) in [5.41, 5.74) is 6.44. The van der Waals surface area contributed by atoms with Crippen LogP contribution in [0.2, 0.25) is 10.0 Å². The number of nitrogens with zero attached hydrogens (tertiary/aromatic N) is 1. The molecule has 13 heteroatoms. The van der Waals surface area contributed by atoms with Gasteiger partial charge in [0.05, 0.1) is 16.5 Å². The van der Waals surface area contributed by atoms with Gasteiger partial charge in [0.25, 0.3) is 0 Å². The molecule has 1 aliphatic heterocycles. The van der Waals surface area contributed by atoms with E-state index < -0.39 is 33.9 Å². The number of carbonyl (C=O) groups excluding carboxylic acids is 1. The van der Waals surface area contributed by atoms with Crippen LogP contribution in [0.25, 0.3) is 0 Å². The van der Waals surface area contributed by atoms with Gasteiger partial charge in [0.15, 0.2) is 9.84 Å². The van der Waals surface area contributed by atoms with Crippen molar-refractivity contribution in [3.8, 4) is 0 Å². The maximum absolute atomic E-state index is 12.5. The zero-order valence-electron chi connectivity index (χ0n) is 18.6. The Bertz CT molecular complexity index is 1150. The summed E-state index contributed by atoms with van der Waals surface area (Å²) in [7, 11) is -3.64. The van der Waals surface area contributed by atoms with Crippen molar-refractivity contribution in [3.63, 3.8) is 0 Å². The first-order valence-electron chi connectivity index (χ1n) is 10.1. The number of carbonyl (C=O) groups is 3. The summed E-state index contributed by atoms with van der Waals surface area (Å²) in [6.45, 7) is 1.39. The van der Waals surface area contributed by atoms with Crippen LogP contribution in [0.5, 0.6) is 0 Å². The summed E-state index contributed by atoms with van der Waals surface area (Å²) in [5.74, 6) is -1.49. The van der Waals surface area contributed by atoms with Crippen LogP contribution in [-0.4, -0.2) is 65.1 Å². The monoisotopic (exact) mass is 562 g/mol. The molecule has 1 fully saturated rings. The van der Waals surface area contributed by atoms with Crippen LogP contribution < -0.4 is 5.73 Å². The predicted octanol–water partition coefficient (Wildman–Crippen LogP) is 2.91. The third kappa shape index (κ3) is 8.11. The molecular weight excluding hydrogens is 539 g/mol. The van der Waals surface area contributed by atoms with Crippen LogP contribution in [0.4, 0.5) is 0 Å². The van der Waals surface area contributed by atoms with Crippen LogP contribution in [0.3, 0.4) is 0 Å². The van der Waals surface area contributed by atoms with E-state index in [-0.39, 0.29) is 33.0 Å². The Morgan fingerprint density at radius 1 is 1.11 bits per heavy atom. The standard InChI is InChI=1S/C16H15Cl2NO4S.C6H9NO3S/c17-13-2-1-3-14(18)12(13)9-24(22,23)11-6-4-10(5-7-11)8-15(19)16(20)21;1-4(8)7-3-11-2-5(7)6(9)10/h1-7,15H,8-9,19H2,(H,20,21);5H,2-3H2,1H3,(H,9,10)/t15-;5-/m01/s1. The fraction of sp³-hybridized carbons (Fsp3) is 0.318. The van der Waals surface area contributed by atoms with Gasteiger partial charge in [-0.15, -0.1) is 11.8 Å². The number of halogens is 2. The first-order valence-corrected chi connectivity index (χ1v) is 13.7. The highest BCUT2D eigenvalue weighted by molar-refractivity contribution is 7.99. The van der Waals surface area contributed by atoms with E-state index in [1.807, 2.05) is 0 Å². The molecule has 1 aliphatic rings. The lowest BCUT2D eigenvalue weighted by atomic mass is 10.1. The van der Waals surface area contributed by atoms with Crippen LogP contribution in [-0.2, 0) is 36.4 Å². The van der Waals surface area contributed by atoms with Gasteiger partial charge in [0, 0.05) is 28.3 Å². The van der Waals surface area contributed by atoms with Crippen molar-refractivity contribution in [3.05, 3.63) is 63.6 Å². The van der Waals surface area contributed by atoms with Crippen LogP contribution >= 0.6 is 35.0 Å². The topological polar surface area (TPSA) is 155 Å². The SMILES string of the molecule is CC(=O)N1CSC[C@@H]1C(=O)O.N[C@@H](Cc1ccc(S(=O)(=O)Cc2c(Cl)cccc2Cl)cc1)C(=O)O. The number of carboxylic acids is 2. The number of rotatable bonds is 7. The Kier molecular flexibility index (Phi) is 10.4. The molecule has 35 heavy (non-hydrogen) atoms. The number of thioether (sulfide) groups is 1. The highest BCUT2D eigenvalue weighted by Crippen LogP contribution is 2.28. The minimum Gasteiger partial charge on any atom is -0.480 e. The van der Waals surface area contributed by atoms with Crippen LogP contribution in [0, 0.1) is 0 Å². The van der Waals surface area contributed by atoms with Crippen molar-refractivity contribution in [1.82, 2.24) is 4.90 Å². The van der Waals surface area contributed by atoms with Crippen molar-refractivity contribution in [2.75, 3.05) is 11.6 Å². The van der Waals surface area contributed by atoms with Crippen LogP contribution in [0.1, 0.15) is 18.1 Å². The minimum absolute atomic E-state index is 0.103. The van der Waals surface area contributed by atoms with Crippen molar-refractivity contribution >= 4 is 62.6 Å². The van der Waals surface area contributed by atoms with Gasteiger partial charge < -0.3 is 20.8 Å². The molecule has 2 aromatic carbocycles. The predicted molar refractivity (Wildman–Crippen MR) is 134 cm³/mol. The number of aliphatic carboxylic acids is 2. The summed E-state index contributed by atoms with van der Waals surface area (Å²) in [4.78, 5) is 33.5. The second kappa shape index (κ2) is 12.6. The van der Waals surface area contributed by atoms with Gasteiger partial charge in [0.1, 0.15) is 12.1 Å². The van der Waals surface area contributed by atoms with Gasteiger partial charge in [0.2, 0.25) is 5.91 Å². The number of benzene rings is 2. The molecule has 0 aliphatic carbocycles. The normalized spacial score (nSPS) is 16.2. The molecule has 1 heterocycles. The lowest BCUT2D eigenvalue weighted by molar-refractivity contribution is -0.147. The second-order valence-electron chi connectivity index (χ2n) is 7.59. The Hall–Kier alpha value is -2.31. The molecule has 2 atom stereocenters. The summed E-state index contributed by atoms with van der Waals surface area (Å²) in [6.07, 6.45) is 0.117. The fourth-order valence-corrected chi connectivity index (χ4v) is 6.38. The third-order valence-corrected chi connectivity index (χ3v) is 8.40. The highest BCUT2D eigenvalue weighted by atomic mass is 35.5. The minimum atomic E-state index is -3.64. The fourth-order valence-electron chi connectivity index (χ4n) is 3.08. The quantitative estimate of drug-likeness (QED) is 0.461. The van der Waals surface area contributed by atoms with Gasteiger partial charge in [-0.3, -0.25) is 9.59 Å². The Labute approximate surface area is 217 Å². The number of amides is 1.